The van der Waals surface area contributed by atoms with E-state index in [1.807, 2.05) is 0 Å². The quantitative estimate of drug-likeness (QED) is 0.628. The van der Waals surface area contributed by atoms with Crippen LogP contribution in [0.2, 0.25) is 0 Å². The Kier molecular flexibility index (Phi) is 5.72. The summed E-state index contributed by atoms with van der Waals surface area (Å²) in [6.45, 7) is 32.9. The van der Waals surface area contributed by atoms with Crippen molar-refractivity contribution in [1.82, 2.24) is 5.32 Å². The topological polar surface area (TPSA) is 21.3 Å². The fourth-order valence-electron chi connectivity index (χ4n) is 4.73. The van der Waals surface area contributed by atoms with E-state index in [1.165, 1.54) is 0 Å². The van der Waals surface area contributed by atoms with Crippen LogP contribution in [-0.4, -0.2) is 23.3 Å². The van der Waals surface area contributed by atoms with Gasteiger partial charge in [0.2, 0.25) is 0 Å². The van der Waals surface area contributed by atoms with Crippen LogP contribution in [0.3, 0.4) is 0 Å². The molecule has 0 aromatic carbocycles. The van der Waals surface area contributed by atoms with Crippen LogP contribution in [0.15, 0.2) is 0 Å². The van der Waals surface area contributed by atoms with Crippen LogP contribution in [0, 0.1) is 21.7 Å². The highest BCUT2D eigenvalue weighted by Gasteiger charge is 2.66. The molecule has 1 N–H and O–H groups in total. The van der Waals surface area contributed by atoms with Crippen molar-refractivity contribution >= 4 is 0 Å². The molecular formula is C23H47NO. The Balaban J connectivity index is 3.53. The van der Waals surface area contributed by atoms with Gasteiger partial charge in [-0.2, -0.15) is 0 Å². The second-order valence-electron chi connectivity index (χ2n) is 12.3. The lowest BCUT2D eigenvalue weighted by Gasteiger charge is -2.69. The van der Waals surface area contributed by atoms with Crippen molar-refractivity contribution in [1.29, 1.82) is 0 Å². The van der Waals surface area contributed by atoms with E-state index in [0.717, 1.165) is 6.42 Å². The van der Waals surface area contributed by atoms with Crippen molar-refractivity contribution in [3.63, 3.8) is 0 Å². The van der Waals surface area contributed by atoms with Gasteiger partial charge in [-0.1, -0.05) is 62.3 Å². The average molecular weight is 354 g/mol. The Labute approximate surface area is 158 Å². The lowest BCUT2D eigenvalue weighted by Crippen LogP contribution is -2.74. The first-order chi connectivity index (χ1) is 10.7. The minimum absolute atomic E-state index is 0.0424. The third-order valence-corrected chi connectivity index (χ3v) is 7.97. The Bertz CT molecular complexity index is 449. The van der Waals surface area contributed by atoms with E-state index in [1.54, 1.807) is 0 Å². The van der Waals surface area contributed by atoms with Gasteiger partial charge in [0.15, 0.2) is 0 Å². The van der Waals surface area contributed by atoms with Gasteiger partial charge in [0.05, 0.1) is 11.7 Å². The first-order valence-corrected chi connectivity index (χ1v) is 10.2. The molecule has 0 atom stereocenters. The molecule has 1 rings (SSSR count). The maximum absolute atomic E-state index is 6.76. The second kappa shape index (κ2) is 6.23. The van der Waals surface area contributed by atoms with Gasteiger partial charge in [0.25, 0.3) is 0 Å². The summed E-state index contributed by atoms with van der Waals surface area (Å²) < 4.78 is 6.76. The SMILES string of the molecule is CCC(C)(C)N[C@H]1C(C)(C)C(C)(C)[C@H](OC(C)(C)C)C(C)(C)C1(C)C. The summed E-state index contributed by atoms with van der Waals surface area (Å²) in [5.41, 5.74) is 0.252. The van der Waals surface area contributed by atoms with Crippen molar-refractivity contribution < 1.29 is 4.74 Å². The van der Waals surface area contributed by atoms with Gasteiger partial charge in [-0.15, -0.1) is 0 Å². The first-order valence-electron chi connectivity index (χ1n) is 10.2. The van der Waals surface area contributed by atoms with Crippen LogP contribution >= 0.6 is 0 Å². The largest absolute Gasteiger partial charge is 0.371 e. The smallest absolute Gasteiger partial charge is 0.0695 e. The van der Waals surface area contributed by atoms with Crippen LogP contribution in [0.25, 0.3) is 0 Å². The number of hydrogen-bond acceptors (Lipinski definition) is 2. The predicted molar refractivity (Wildman–Crippen MR) is 111 cm³/mol. The van der Waals surface area contributed by atoms with E-state index in [0.29, 0.717) is 6.04 Å². The third kappa shape index (κ3) is 3.81. The lowest BCUT2D eigenvalue weighted by atomic mass is 9.41. The van der Waals surface area contributed by atoms with Crippen LogP contribution < -0.4 is 5.32 Å². The van der Waals surface area contributed by atoms with Crippen LogP contribution in [-0.2, 0) is 4.74 Å². The fourth-order valence-corrected chi connectivity index (χ4v) is 4.73. The van der Waals surface area contributed by atoms with Gasteiger partial charge in [-0.05, 0) is 62.7 Å². The molecule has 1 fully saturated rings. The molecule has 1 aliphatic carbocycles. The molecule has 1 aliphatic rings. The maximum Gasteiger partial charge on any atom is 0.0695 e. The molecule has 0 heterocycles. The number of nitrogens with one attached hydrogen (secondary N) is 1. The number of rotatable bonds is 4. The van der Waals surface area contributed by atoms with Gasteiger partial charge in [0.1, 0.15) is 0 Å². The highest BCUT2D eigenvalue weighted by molar-refractivity contribution is 5.17. The monoisotopic (exact) mass is 353 g/mol. The van der Waals surface area contributed by atoms with Crippen molar-refractivity contribution in [3.8, 4) is 0 Å². The van der Waals surface area contributed by atoms with E-state index in [9.17, 15) is 0 Å². The van der Waals surface area contributed by atoms with E-state index in [-0.39, 0.29) is 38.9 Å². The van der Waals surface area contributed by atoms with Crippen molar-refractivity contribution in [2.75, 3.05) is 0 Å². The molecule has 0 amide bonds. The molecule has 0 aromatic heterocycles. The normalized spacial score (nSPS) is 31.0. The van der Waals surface area contributed by atoms with E-state index in [2.05, 4.69) is 102 Å². The van der Waals surface area contributed by atoms with Crippen molar-refractivity contribution in [3.05, 3.63) is 0 Å². The molecule has 1 saturated carbocycles. The Morgan fingerprint density at radius 2 is 1.08 bits per heavy atom. The van der Waals surface area contributed by atoms with Crippen LogP contribution in [0.1, 0.15) is 103 Å². The average Bonchev–Trinajstić information content (AvgIpc) is 2.39. The molecule has 150 valence electrons. The van der Waals surface area contributed by atoms with Gasteiger partial charge in [-0.3, -0.25) is 0 Å². The molecular weight excluding hydrogens is 306 g/mol. The van der Waals surface area contributed by atoms with Crippen molar-refractivity contribution in [2.24, 2.45) is 21.7 Å². The molecule has 2 heteroatoms. The Hall–Kier alpha value is -0.0800. The lowest BCUT2D eigenvalue weighted by molar-refractivity contribution is -0.264. The van der Waals surface area contributed by atoms with E-state index in [4.69, 9.17) is 4.74 Å². The number of hydrogen-bond donors (Lipinski definition) is 1. The third-order valence-electron chi connectivity index (χ3n) is 7.97. The fraction of sp³-hybridized carbons (Fsp3) is 1.00. The number of ether oxygens (including phenoxy) is 1. The molecule has 0 aromatic rings. The van der Waals surface area contributed by atoms with Crippen LogP contribution in [0.5, 0.6) is 0 Å². The highest BCUT2D eigenvalue weighted by Crippen LogP contribution is 2.65. The summed E-state index contributed by atoms with van der Waals surface area (Å²) in [5.74, 6) is 0. The zero-order valence-electron chi connectivity index (χ0n) is 19.8. The molecule has 25 heavy (non-hydrogen) atoms. The maximum atomic E-state index is 6.76. The molecule has 0 unspecified atom stereocenters. The molecule has 0 radical (unpaired) electrons. The molecule has 0 spiro atoms. The van der Waals surface area contributed by atoms with Crippen molar-refractivity contribution in [2.45, 2.75) is 127 Å². The predicted octanol–water partition coefficient (Wildman–Crippen LogP) is 6.44. The first kappa shape index (κ1) is 23.0. The minimum Gasteiger partial charge on any atom is -0.371 e. The van der Waals surface area contributed by atoms with Crippen LogP contribution in [0.4, 0.5) is 0 Å². The summed E-state index contributed by atoms with van der Waals surface area (Å²) >= 11 is 0. The van der Waals surface area contributed by atoms with E-state index >= 15 is 0 Å². The summed E-state index contributed by atoms with van der Waals surface area (Å²) in [6, 6.07) is 0.403. The molecule has 0 saturated heterocycles. The van der Waals surface area contributed by atoms with Gasteiger partial charge < -0.3 is 10.1 Å². The van der Waals surface area contributed by atoms with E-state index < -0.39 is 0 Å². The molecule has 0 bridgehead atoms. The zero-order chi connectivity index (χ0) is 20.3. The highest BCUT2D eigenvalue weighted by atomic mass is 16.5. The molecule has 2 nitrogen and oxygen atoms in total. The summed E-state index contributed by atoms with van der Waals surface area (Å²) in [5, 5.41) is 4.06. The Morgan fingerprint density at radius 3 is 1.36 bits per heavy atom. The van der Waals surface area contributed by atoms with Gasteiger partial charge in [0, 0.05) is 11.6 Å². The second-order valence-corrected chi connectivity index (χ2v) is 12.3. The summed E-state index contributed by atoms with van der Waals surface area (Å²) in [7, 11) is 0. The van der Waals surface area contributed by atoms with Gasteiger partial charge >= 0.3 is 0 Å². The minimum atomic E-state index is -0.145. The summed E-state index contributed by atoms with van der Waals surface area (Å²) in [6.07, 6.45) is 1.31. The zero-order valence-corrected chi connectivity index (χ0v) is 19.8. The molecule has 0 aliphatic heterocycles. The Morgan fingerprint density at radius 1 is 0.720 bits per heavy atom. The van der Waals surface area contributed by atoms with Gasteiger partial charge in [-0.25, -0.2) is 0 Å². The summed E-state index contributed by atoms with van der Waals surface area (Å²) in [4.78, 5) is 0. The standard InChI is InChI=1S/C23H47NO/c1-15-19(5,6)24-16-20(7,8)22(11,12)17(25-18(2,3)4)23(13,14)21(16,9)10/h16-17,24H,15H2,1-14H3/t16-,17-.